The molecule has 0 aliphatic heterocycles. The summed E-state index contributed by atoms with van der Waals surface area (Å²) < 4.78 is 17.4. The molecular formula is C13H14FN3O2. The molecule has 0 saturated carbocycles. The second-order valence-electron chi connectivity index (χ2n) is 4.20. The van der Waals surface area contributed by atoms with Gasteiger partial charge >= 0.3 is 0 Å². The predicted molar refractivity (Wildman–Crippen MR) is 67.1 cm³/mol. The van der Waals surface area contributed by atoms with Gasteiger partial charge in [-0.05, 0) is 36.2 Å². The average molecular weight is 263 g/mol. The number of amides is 1. The molecule has 19 heavy (non-hydrogen) atoms. The van der Waals surface area contributed by atoms with Crippen LogP contribution in [0.25, 0.3) is 0 Å². The number of halogens is 1. The smallest absolute Gasteiger partial charge is 0.233 e. The van der Waals surface area contributed by atoms with Gasteiger partial charge in [-0.2, -0.15) is 0 Å². The third-order valence-corrected chi connectivity index (χ3v) is 2.89. The van der Waals surface area contributed by atoms with Gasteiger partial charge in [0.05, 0.1) is 5.92 Å². The molecule has 100 valence electrons. The molecule has 6 heteroatoms. The number of hydrogen-bond donors (Lipinski definition) is 1. The highest BCUT2D eigenvalue weighted by molar-refractivity contribution is 5.95. The number of nitrogens with one attached hydrogen (secondary N) is 1. The molecule has 2 aromatic rings. The van der Waals surface area contributed by atoms with Crippen LogP contribution in [0.5, 0.6) is 0 Å². The van der Waals surface area contributed by atoms with Crippen molar-refractivity contribution in [2.75, 3.05) is 5.32 Å². The van der Waals surface area contributed by atoms with Gasteiger partial charge in [-0.3, -0.25) is 4.79 Å². The van der Waals surface area contributed by atoms with Crippen molar-refractivity contribution in [3.63, 3.8) is 0 Å². The van der Waals surface area contributed by atoms with Gasteiger partial charge in [-0.15, -0.1) is 0 Å². The summed E-state index contributed by atoms with van der Waals surface area (Å²) in [4.78, 5) is 12.2. The van der Waals surface area contributed by atoms with Crippen molar-refractivity contribution in [1.29, 1.82) is 0 Å². The van der Waals surface area contributed by atoms with E-state index in [2.05, 4.69) is 20.3 Å². The van der Waals surface area contributed by atoms with Gasteiger partial charge in [-0.1, -0.05) is 24.2 Å². The first-order valence-corrected chi connectivity index (χ1v) is 5.97. The van der Waals surface area contributed by atoms with E-state index in [0.717, 1.165) is 5.56 Å². The Hall–Kier alpha value is -2.24. The molecule has 1 heterocycles. The minimum Gasteiger partial charge on any atom is -0.306 e. The van der Waals surface area contributed by atoms with E-state index in [1.165, 1.54) is 12.1 Å². The first kappa shape index (κ1) is 13.2. The van der Waals surface area contributed by atoms with E-state index in [9.17, 15) is 9.18 Å². The summed E-state index contributed by atoms with van der Waals surface area (Å²) >= 11 is 0. The molecule has 0 fully saturated rings. The van der Waals surface area contributed by atoms with Crippen molar-refractivity contribution in [3.05, 3.63) is 41.3 Å². The molecule has 0 bridgehead atoms. The van der Waals surface area contributed by atoms with E-state index in [0.29, 0.717) is 17.9 Å². The van der Waals surface area contributed by atoms with Crippen molar-refractivity contribution < 1.29 is 13.8 Å². The van der Waals surface area contributed by atoms with Crippen LogP contribution in [-0.2, 0) is 4.79 Å². The van der Waals surface area contributed by atoms with Crippen molar-refractivity contribution >= 4 is 11.7 Å². The van der Waals surface area contributed by atoms with Crippen LogP contribution in [0.4, 0.5) is 10.2 Å². The molecule has 0 spiro atoms. The topological polar surface area (TPSA) is 68.0 Å². The third kappa shape index (κ3) is 2.96. The first-order valence-electron chi connectivity index (χ1n) is 5.97. The fourth-order valence-corrected chi connectivity index (χ4v) is 1.82. The number of hydrogen-bond acceptors (Lipinski definition) is 4. The van der Waals surface area contributed by atoms with E-state index in [-0.39, 0.29) is 17.6 Å². The van der Waals surface area contributed by atoms with Crippen molar-refractivity contribution in [1.82, 2.24) is 10.3 Å². The molecule has 2 rings (SSSR count). The molecule has 1 aromatic carbocycles. The molecule has 0 radical (unpaired) electrons. The average Bonchev–Trinajstić information content (AvgIpc) is 2.78. The van der Waals surface area contributed by atoms with Gasteiger partial charge in [0.2, 0.25) is 5.91 Å². The van der Waals surface area contributed by atoms with E-state index < -0.39 is 0 Å². The summed E-state index contributed by atoms with van der Waals surface area (Å²) in [5, 5.41) is 9.85. The van der Waals surface area contributed by atoms with Crippen LogP contribution in [0, 0.1) is 12.7 Å². The lowest BCUT2D eigenvalue weighted by atomic mass is 9.95. The minimum atomic E-state index is -0.364. The van der Waals surface area contributed by atoms with Gasteiger partial charge in [0.1, 0.15) is 11.5 Å². The first-order chi connectivity index (χ1) is 9.11. The fourth-order valence-electron chi connectivity index (χ4n) is 1.82. The Bertz CT molecular complexity index is 566. The van der Waals surface area contributed by atoms with Crippen LogP contribution in [0.3, 0.4) is 0 Å². The second-order valence-corrected chi connectivity index (χ2v) is 4.20. The van der Waals surface area contributed by atoms with E-state index >= 15 is 0 Å². The van der Waals surface area contributed by atoms with Crippen LogP contribution >= 0.6 is 0 Å². The van der Waals surface area contributed by atoms with Crippen molar-refractivity contribution in [2.45, 2.75) is 26.2 Å². The van der Waals surface area contributed by atoms with Gasteiger partial charge in [0.15, 0.2) is 5.82 Å². The van der Waals surface area contributed by atoms with E-state index in [1.54, 1.807) is 19.1 Å². The number of aryl methyl sites for hydroxylation is 1. The maximum Gasteiger partial charge on any atom is 0.233 e. The number of carbonyl (C=O) groups excluding carboxylic acids is 1. The molecule has 0 aliphatic rings. The van der Waals surface area contributed by atoms with E-state index in [4.69, 9.17) is 0 Å². The zero-order valence-electron chi connectivity index (χ0n) is 10.7. The minimum absolute atomic E-state index is 0.215. The van der Waals surface area contributed by atoms with Crippen LogP contribution in [-0.4, -0.2) is 16.2 Å². The van der Waals surface area contributed by atoms with Crippen LogP contribution in [0.1, 0.15) is 30.5 Å². The Balaban J connectivity index is 2.15. The molecule has 0 unspecified atom stereocenters. The molecule has 1 aromatic heterocycles. The van der Waals surface area contributed by atoms with Crippen LogP contribution in [0.2, 0.25) is 0 Å². The van der Waals surface area contributed by atoms with Crippen molar-refractivity contribution in [2.24, 2.45) is 0 Å². The Morgan fingerprint density at radius 3 is 2.58 bits per heavy atom. The standard InChI is InChI=1S/C13H14FN3O2/c1-3-11(9-4-6-10(14)7-5-9)13(18)15-12-8(2)16-19-17-12/h4-7,11H,3H2,1-2H3,(H,15,17,18)/t11-/m0/s1. The number of carbonyl (C=O) groups is 1. The molecule has 5 nitrogen and oxygen atoms in total. The second kappa shape index (κ2) is 5.60. The summed E-state index contributed by atoms with van der Waals surface area (Å²) in [6.07, 6.45) is 0.599. The summed E-state index contributed by atoms with van der Waals surface area (Å²) in [5.74, 6) is -0.592. The lowest BCUT2D eigenvalue weighted by Gasteiger charge is -2.14. The molecule has 0 saturated heterocycles. The summed E-state index contributed by atoms with van der Waals surface area (Å²) in [5.41, 5.74) is 1.28. The highest BCUT2D eigenvalue weighted by Crippen LogP contribution is 2.22. The lowest BCUT2D eigenvalue weighted by molar-refractivity contribution is -0.117. The van der Waals surface area contributed by atoms with Gasteiger partial charge in [-0.25, -0.2) is 9.02 Å². The Morgan fingerprint density at radius 1 is 1.37 bits per heavy atom. The summed E-state index contributed by atoms with van der Waals surface area (Å²) in [7, 11) is 0. The van der Waals surface area contributed by atoms with Crippen LogP contribution < -0.4 is 5.32 Å². The SMILES string of the molecule is CC[C@H](C(=O)Nc1nonc1C)c1ccc(F)cc1. The summed E-state index contributed by atoms with van der Waals surface area (Å²) in [6.45, 7) is 3.58. The zero-order chi connectivity index (χ0) is 13.8. The number of nitrogens with zero attached hydrogens (tertiary/aromatic N) is 2. The molecule has 1 N–H and O–H groups in total. The largest absolute Gasteiger partial charge is 0.306 e. The maximum atomic E-state index is 12.9. The molecule has 1 atom stereocenters. The van der Waals surface area contributed by atoms with Crippen LogP contribution in [0.15, 0.2) is 28.9 Å². The highest BCUT2D eigenvalue weighted by atomic mass is 19.1. The summed E-state index contributed by atoms with van der Waals surface area (Å²) in [6, 6.07) is 5.90. The molecule has 1 amide bonds. The number of aromatic nitrogens is 2. The van der Waals surface area contributed by atoms with Gasteiger partial charge in [0, 0.05) is 0 Å². The fraction of sp³-hybridized carbons (Fsp3) is 0.308. The molecular weight excluding hydrogens is 249 g/mol. The lowest BCUT2D eigenvalue weighted by Crippen LogP contribution is -2.21. The number of benzene rings is 1. The van der Waals surface area contributed by atoms with Gasteiger partial charge < -0.3 is 5.32 Å². The monoisotopic (exact) mass is 263 g/mol. The Labute approximate surface area is 109 Å². The zero-order valence-corrected chi connectivity index (χ0v) is 10.7. The third-order valence-electron chi connectivity index (χ3n) is 2.89. The number of anilines is 1. The predicted octanol–water partition coefficient (Wildman–Crippen LogP) is 2.65. The highest BCUT2D eigenvalue weighted by Gasteiger charge is 2.20. The quantitative estimate of drug-likeness (QED) is 0.920. The molecule has 0 aliphatic carbocycles. The van der Waals surface area contributed by atoms with Gasteiger partial charge in [0.25, 0.3) is 0 Å². The Kier molecular flexibility index (Phi) is 3.89. The van der Waals surface area contributed by atoms with Crippen molar-refractivity contribution in [3.8, 4) is 0 Å². The normalized spacial score (nSPS) is 12.2. The Morgan fingerprint density at radius 2 is 2.05 bits per heavy atom. The maximum absolute atomic E-state index is 12.9. The number of rotatable bonds is 4. The van der Waals surface area contributed by atoms with E-state index in [1.807, 2.05) is 6.92 Å².